The number of phenolic OH excluding ortho intramolecular Hbond substituents is 1. The standard InChI is InChI=1S/C25H24N4O2/c1-15-7-5-8-19(13-15)21-9-6-10-22(24(21)30)26-27-23-18(4)28-29(25(23)31)20-12-11-16(2)17(3)14-20/h5-14,30-31H,1-4H3/b27-26+. The van der Waals surface area contributed by atoms with E-state index in [9.17, 15) is 10.2 Å². The lowest BCUT2D eigenvalue weighted by atomic mass is 10.0. The van der Waals surface area contributed by atoms with E-state index in [2.05, 4.69) is 15.3 Å². The van der Waals surface area contributed by atoms with E-state index in [0.717, 1.165) is 27.9 Å². The maximum atomic E-state index is 10.8. The van der Waals surface area contributed by atoms with Gasteiger partial charge in [-0.2, -0.15) is 9.78 Å². The molecule has 156 valence electrons. The second-order valence-electron chi connectivity index (χ2n) is 7.68. The van der Waals surface area contributed by atoms with Crippen molar-refractivity contribution in [3.63, 3.8) is 0 Å². The van der Waals surface area contributed by atoms with E-state index < -0.39 is 0 Å². The minimum Gasteiger partial charge on any atom is -0.505 e. The minimum atomic E-state index is -0.0983. The molecule has 0 spiro atoms. The monoisotopic (exact) mass is 412 g/mol. The van der Waals surface area contributed by atoms with Crippen molar-refractivity contribution in [3.8, 4) is 28.4 Å². The van der Waals surface area contributed by atoms with Gasteiger partial charge in [0.25, 0.3) is 0 Å². The Balaban J connectivity index is 1.70. The Bertz CT molecular complexity index is 1310. The number of nitrogens with zero attached hydrogens (tertiary/aromatic N) is 4. The van der Waals surface area contributed by atoms with Crippen LogP contribution in [0.25, 0.3) is 16.8 Å². The summed E-state index contributed by atoms with van der Waals surface area (Å²) >= 11 is 0. The van der Waals surface area contributed by atoms with Gasteiger partial charge < -0.3 is 10.2 Å². The molecule has 4 aromatic rings. The van der Waals surface area contributed by atoms with Gasteiger partial charge >= 0.3 is 0 Å². The lowest BCUT2D eigenvalue weighted by molar-refractivity contribution is 0.434. The summed E-state index contributed by atoms with van der Waals surface area (Å²) in [6.45, 7) is 7.80. The number of rotatable bonds is 4. The number of hydrogen-bond acceptors (Lipinski definition) is 5. The molecule has 31 heavy (non-hydrogen) atoms. The molecule has 0 amide bonds. The van der Waals surface area contributed by atoms with Crippen LogP contribution < -0.4 is 0 Å². The fourth-order valence-corrected chi connectivity index (χ4v) is 3.42. The van der Waals surface area contributed by atoms with Crippen molar-refractivity contribution >= 4 is 11.4 Å². The third-order valence-corrected chi connectivity index (χ3v) is 5.34. The number of benzene rings is 3. The van der Waals surface area contributed by atoms with E-state index in [0.29, 0.717) is 16.9 Å². The van der Waals surface area contributed by atoms with Gasteiger partial charge in [-0.05, 0) is 62.6 Å². The molecule has 0 fully saturated rings. The summed E-state index contributed by atoms with van der Waals surface area (Å²) in [5.41, 5.74) is 6.80. The molecule has 0 aliphatic carbocycles. The number of para-hydroxylation sites is 1. The predicted molar refractivity (Wildman–Crippen MR) is 122 cm³/mol. The lowest BCUT2D eigenvalue weighted by Crippen LogP contribution is -1.97. The third-order valence-electron chi connectivity index (χ3n) is 5.34. The second-order valence-corrected chi connectivity index (χ2v) is 7.68. The smallest absolute Gasteiger partial charge is 0.243 e. The molecule has 0 saturated carbocycles. The molecule has 2 N–H and O–H groups in total. The molecule has 1 heterocycles. The van der Waals surface area contributed by atoms with Crippen molar-refractivity contribution in [2.75, 3.05) is 0 Å². The molecule has 0 unspecified atom stereocenters. The van der Waals surface area contributed by atoms with Crippen molar-refractivity contribution in [2.45, 2.75) is 27.7 Å². The third kappa shape index (κ3) is 3.92. The molecule has 0 saturated heterocycles. The molecule has 0 aliphatic rings. The van der Waals surface area contributed by atoms with Gasteiger partial charge in [0.2, 0.25) is 5.88 Å². The molecular formula is C25H24N4O2. The quantitative estimate of drug-likeness (QED) is 0.370. The van der Waals surface area contributed by atoms with Gasteiger partial charge in [-0.1, -0.05) is 48.0 Å². The van der Waals surface area contributed by atoms with Crippen LogP contribution in [0, 0.1) is 27.7 Å². The zero-order valence-electron chi connectivity index (χ0n) is 18.0. The molecule has 1 aromatic heterocycles. The van der Waals surface area contributed by atoms with Gasteiger partial charge in [-0.15, -0.1) is 10.2 Å². The first-order valence-corrected chi connectivity index (χ1v) is 10.0. The van der Waals surface area contributed by atoms with Gasteiger partial charge in [0, 0.05) is 5.56 Å². The van der Waals surface area contributed by atoms with E-state index in [4.69, 9.17) is 0 Å². The summed E-state index contributed by atoms with van der Waals surface area (Å²) in [5, 5.41) is 34.3. The number of aromatic hydroxyl groups is 2. The highest BCUT2D eigenvalue weighted by molar-refractivity contribution is 5.76. The molecule has 0 aliphatic heterocycles. The van der Waals surface area contributed by atoms with Crippen LogP contribution in [0.3, 0.4) is 0 Å². The first-order chi connectivity index (χ1) is 14.8. The number of aromatic nitrogens is 2. The van der Waals surface area contributed by atoms with Crippen LogP contribution in [-0.2, 0) is 0 Å². The number of hydrogen-bond donors (Lipinski definition) is 2. The average molecular weight is 412 g/mol. The number of aryl methyl sites for hydroxylation is 4. The van der Waals surface area contributed by atoms with Crippen molar-refractivity contribution < 1.29 is 10.2 Å². The lowest BCUT2D eigenvalue weighted by Gasteiger charge is -2.07. The van der Waals surface area contributed by atoms with Crippen molar-refractivity contribution in [2.24, 2.45) is 10.2 Å². The second kappa shape index (κ2) is 8.07. The maximum Gasteiger partial charge on any atom is 0.243 e. The Morgan fingerprint density at radius 2 is 1.58 bits per heavy atom. The SMILES string of the molecule is Cc1cccc(-c2cccc(/N=N/c3c(C)nn(-c4ccc(C)c(C)c4)c3O)c2O)c1. The highest BCUT2D eigenvalue weighted by Gasteiger charge is 2.16. The van der Waals surface area contributed by atoms with Gasteiger partial charge in [-0.25, -0.2) is 0 Å². The highest BCUT2D eigenvalue weighted by Crippen LogP contribution is 2.39. The molecule has 0 atom stereocenters. The topological polar surface area (TPSA) is 83.0 Å². The van der Waals surface area contributed by atoms with Crippen molar-refractivity contribution in [3.05, 3.63) is 83.0 Å². The van der Waals surface area contributed by atoms with Crippen LogP contribution in [-0.4, -0.2) is 20.0 Å². The largest absolute Gasteiger partial charge is 0.505 e. The summed E-state index contributed by atoms with van der Waals surface area (Å²) in [4.78, 5) is 0. The van der Waals surface area contributed by atoms with Crippen LogP contribution in [0.2, 0.25) is 0 Å². The molecule has 0 bridgehead atoms. The van der Waals surface area contributed by atoms with Crippen molar-refractivity contribution in [1.29, 1.82) is 0 Å². The maximum absolute atomic E-state index is 10.8. The van der Waals surface area contributed by atoms with E-state index in [1.54, 1.807) is 13.0 Å². The Morgan fingerprint density at radius 1 is 0.806 bits per heavy atom. The highest BCUT2D eigenvalue weighted by atomic mass is 16.3. The van der Waals surface area contributed by atoms with Crippen LogP contribution in [0.1, 0.15) is 22.4 Å². The van der Waals surface area contributed by atoms with E-state index in [1.807, 2.05) is 75.4 Å². The normalized spacial score (nSPS) is 11.4. The zero-order chi connectivity index (χ0) is 22.1. The van der Waals surface area contributed by atoms with E-state index in [1.165, 1.54) is 4.68 Å². The first-order valence-electron chi connectivity index (χ1n) is 10.0. The van der Waals surface area contributed by atoms with Gasteiger partial charge in [-0.3, -0.25) is 0 Å². The molecule has 3 aromatic carbocycles. The molecule has 4 rings (SSSR count). The van der Waals surface area contributed by atoms with Gasteiger partial charge in [0.1, 0.15) is 5.69 Å². The molecular weight excluding hydrogens is 388 g/mol. The Morgan fingerprint density at radius 3 is 2.32 bits per heavy atom. The van der Waals surface area contributed by atoms with E-state index in [-0.39, 0.29) is 17.3 Å². The summed E-state index contributed by atoms with van der Waals surface area (Å²) < 4.78 is 1.44. The van der Waals surface area contributed by atoms with Crippen LogP contribution >= 0.6 is 0 Å². The number of phenols is 1. The molecule has 6 heteroatoms. The predicted octanol–water partition coefficient (Wildman–Crippen LogP) is 6.60. The first kappa shape index (κ1) is 20.3. The Kier molecular flexibility index (Phi) is 5.29. The zero-order valence-corrected chi connectivity index (χ0v) is 18.0. The minimum absolute atomic E-state index is 0.0375. The summed E-state index contributed by atoms with van der Waals surface area (Å²) in [5.74, 6) is -0.0608. The Hall–Kier alpha value is -3.93. The van der Waals surface area contributed by atoms with Gasteiger partial charge in [0.15, 0.2) is 11.4 Å². The molecule has 6 nitrogen and oxygen atoms in total. The number of azo groups is 1. The summed E-state index contributed by atoms with van der Waals surface area (Å²) in [6.07, 6.45) is 0. The summed E-state index contributed by atoms with van der Waals surface area (Å²) in [6, 6.07) is 19.1. The van der Waals surface area contributed by atoms with Crippen LogP contribution in [0.5, 0.6) is 11.6 Å². The van der Waals surface area contributed by atoms with Crippen LogP contribution in [0.15, 0.2) is 70.9 Å². The Labute approximate surface area is 181 Å². The fraction of sp³-hybridized carbons (Fsp3) is 0.160. The molecule has 0 radical (unpaired) electrons. The van der Waals surface area contributed by atoms with Gasteiger partial charge in [0.05, 0.1) is 11.4 Å². The van der Waals surface area contributed by atoms with Crippen molar-refractivity contribution in [1.82, 2.24) is 9.78 Å². The average Bonchev–Trinajstić information content (AvgIpc) is 3.03. The summed E-state index contributed by atoms with van der Waals surface area (Å²) in [7, 11) is 0. The van der Waals surface area contributed by atoms with E-state index >= 15 is 0 Å². The van der Waals surface area contributed by atoms with Crippen LogP contribution in [0.4, 0.5) is 11.4 Å². The fourth-order valence-electron chi connectivity index (χ4n) is 3.42.